The summed E-state index contributed by atoms with van der Waals surface area (Å²) in [6.07, 6.45) is 1.30. The molecule has 1 fully saturated rings. The summed E-state index contributed by atoms with van der Waals surface area (Å²) in [4.78, 5) is 71.5. The number of ketones is 1. The van der Waals surface area contributed by atoms with Crippen molar-refractivity contribution in [2.75, 3.05) is 42.0 Å². The molecule has 1 heterocycles. The fourth-order valence-electron chi connectivity index (χ4n) is 7.87. The molecule has 1 aromatic carbocycles. The highest BCUT2D eigenvalue weighted by Gasteiger charge is 2.43. The van der Waals surface area contributed by atoms with Gasteiger partial charge in [0.1, 0.15) is 6.04 Å². The van der Waals surface area contributed by atoms with Crippen LogP contribution in [0.4, 0.5) is 0 Å². The molecule has 0 aliphatic carbocycles. The van der Waals surface area contributed by atoms with Gasteiger partial charge in [0.2, 0.25) is 17.7 Å². The van der Waals surface area contributed by atoms with E-state index < -0.39 is 42.1 Å². The molecule has 53 heavy (non-hydrogen) atoms. The highest BCUT2D eigenvalue weighted by molar-refractivity contribution is 5.90. The maximum absolute atomic E-state index is 14.2. The number of hydrogen-bond acceptors (Lipinski definition) is 9. The number of nitrogens with zero attached hydrogens (tertiary/aromatic N) is 2. The summed E-state index contributed by atoms with van der Waals surface area (Å²) < 4.78 is 16.9. The van der Waals surface area contributed by atoms with E-state index >= 15 is 0 Å². The number of likely N-dealkylation sites (N-methyl/N-ethyl adjacent to an activating group) is 2. The number of esters is 1. The molecule has 12 heteroatoms. The first-order valence-corrected chi connectivity index (χ1v) is 19.3. The number of Topliss-reactive ketones (excluding diaryl/α,β-unsaturated/α-hetero) is 1. The van der Waals surface area contributed by atoms with Gasteiger partial charge in [-0.2, -0.15) is 0 Å². The number of hydrogen-bond donors (Lipinski definition) is 2. The van der Waals surface area contributed by atoms with Crippen LogP contribution < -0.4 is 10.6 Å². The summed E-state index contributed by atoms with van der Waals surface area (Å²) in [5.41, 5.74) is 0.879. The van der Waals surface area contributed by atoms with Crippen LogP contribution in [0.15, 0.2) is 30.3 Å². The van der Waals surface area contributed by atoms with Crippen molar-refractivity contribution < 1.29 is 38.2 Å². The van der Waals surface area contributed by atoms with Gasteiger partial charge in [0.15, 0.2) is 5.78 Å². The number of rotatable bonds is 22. The van der Waals surface area contributed by atoms with Gasteiger partial charge in [-0.25, -0.2) is 4.79 Å². The lowest BCUT2D eigenvalue weighted by atomic mass is 9.84. The van der Waals surface area contributed by atoms with Gasteiger partial charge in [0, 0.05) is 46.6 Å². The minimum atomic E-state index is -0.885. The molecule has 0 spiro atoms. The van der Waals surface area contributed by atoms with Crippen molar-refractivity contribution in [1.29, 1.82) is 0 Å². The zero-order chi connectivity index (χ0) is 40.0. The summed E-state index contributed by atoms with van der Waals surface area (Å²) in [5.74, 6) is -2.40. The number of ether oxygens (including phenoxy) is 3. The Morgan fingerprint density at radius 3 is 2.08 bits per heavy atom. The van der Waals surface area contributed by atoms with Gasteiger partial charge in [0.25, 0.3) is 0 Å². The summed E-state index contributed by atoms with van der Waals surface area (Å²) >= 11 is 0. The molecular formula is C41H68N4O8. The Morgan fingerprint density at radius 1 is 0.925 bits per heavy atom. The van der Waals surface area contributed by atoms with E-state index in [-0.39, 0.29) is 72.6 Å². The standard InChI is InChI=1S/C41H68N4O8/c1-13-27(6)37(44(9)40(49)30(25(2)3)23-33(46)36(42-8)26(4)5)34(51-10)24-35(47)45-21-17-20-32(45)38(52-11)28(7)39(48)43-31(41(50)53-12)22-29-18-15-14-16-19-29/h14-16,18-19,25-28,30-32,34,36-38,42H,13,17,20-24H2,1-12H3,(H,43,48)/t27-,28+,30-,31-,32-,34+,36-,37-,38+/m0/s1. The van der Waals surface area contributed by atoms with Crippen LogP contribution in [0.1, 0.15) is 86.1 Å². The van der Waals surface area contributed by atoms with Crippen molar-refractivity contribution >= 4 is 29.5 Å². The van der Waals surface area contributed by atoms with Crippen molar-refractivity contribution in [2.45, 2.75) is 123 Å². The number of benzene rings is 1. The van der Waals surface area contributed by atoms with Crippen LogP contribution >= 0.6 is 0 Å². The third kappa shape index (κ3) is 12.3. The number of carbonyl (C=O) groups is 5. The molecule has 9 atom stereocenters. The predicted molar refractivity (Wildman–Crippen MR) is 206 cm³/mol. The Labute approximate surface area is 318 Å². The summed E-state index contributed by atoms with van der Waals surface area (Å²) in [5, 5.41) is 5.97. The average Bonchev–Trinajstić information content (AvgIpc) is 3.62. The van der Waals surface area contributed by atoms with Gasteiger partial charge in [-0.05, 0) is 43.2 Å². The highest BCUT2D eigenvalue weighted by Crippen LogP contribution is 2.31. The first-order valence-electron chi connectivity index (χ1n) is 19.3. The maximum Gasteiger partial charge on any atom is 0.328 e. The van der Waals surface area contributed by atoms with E-state index in [4.69, 9.17) is 14.2 Å². The predicted octanol–water partition coefficient (Wildman–Crippen LogP) is 4.28. The maximum atomic E-state index is 14.2. The first kappa shape index (κ1) is 45.8. The lowest BCUT2D eigenvalue weighted by Crippen LogP contribution is -2.55. The van der Waals surface area contributed by atoms with Crippen LogP contribution in [0.3, 0.4) is 0 Å². The normalized spacial score (nSPS) is 19.1. The third-order valence-corrected chi connectivity index (χ3v) is 11.2. The Morgan fingerprint density at radius 2 is 1.57 bits per heavy atom. The van der Waals surface area contributed by atoms with Gasteiger partial charge >= 0.3 is 5.97 Å². The molecule has 2 rings (SSSR count). The molecule has 12 nitrogen and oxygen atoms in total. The molecule has 2 N–H and O–H groups in total. The molecular weight excluding hydrogens is 676 g/mol. The van der Waals surface area contributed by atoms with Crippen LogP contribution in [-0.4, -0.2) is 118 Å². The van der Waals surface area contributed by atoms with Gasteiger partial charge < -0.3 is 34.6 Å². The molecule has 0 unspecified atom stereocenters. The number of amides is 3. The molecule has 0 radical (unpaired) electrons. The summed E-state index contributed by atoms with van der Waals surface area (Å²) in [6.45, 7) is 14.2. The molecule has 0 saturated carbocycles. The van der Waals surface area contributed by atoms with Crippen LogP contribution in [-0.2, 0) is 44.6 Å². The zero-order valence-electron chi connectivity index (χ0n) is 34.3. The fraction of sp³-hybridized carbons (Fsp3) is 0.732. The topological polar surface area (TPSA) is 144 Å². The SMILES string of the molecule is CC[C@H](C)[C@@H]([C@@H](CC(=O)N1CCC[C@H]1[C@H](OC)[C@@H](C)C(=O)N[C@@H](Cc1ccccc1)C(=O)OC)OC)N(C)C(=O)[C@@H](CC(=O)[C@@H](NC)C(C)C)C(C)C. The van der Waals surface area contributed by atoms with E-state index in [1.165, 1.54) is 14.2 Å². The number of nitrogens with one attached hydrogen (secondary N) is 2. The molecule has 1 aliphatic rings. The molecule has 1 saturated heterocycles. The van der Waals surface area contributed by atoms with Crippen LogP contribution in [0, 0.1) is 29.6 Å². The van der Waals surface area contributed by atoms with Gasteiger partial charge in [-0.1, -0.05) is 85.2 Å². The van der Waals surface area contributed by atoms with E-state index in [0.717, 1.165) is 18.4 Å². The van der Waals surface area contributed by atoms with E-state index in [1.54, 1.807) is 37.9 Å². The molecule has 1 aromatic rings. The van der Waals surface area contributed by atoms with E-state index in [9.17, 15) is 24.0 Å². The second kappa shape index (κ2) is 22.1. The molecule has 0 bridgehead atoms. The minimum absolute atomic E-state index is 0.00519. The van der Waals surface area contributed by atoms with Crippen LogP contribution in [0.25, 0.3) is 0 Å². The van der Waals surface area contributed by atoms with Crippen molar-refractivity contribution in [3.63, 3.8) is 0 Å². The van der Waals surface area contributed by atoms with Crippen molar-refractivity contribution in [2.24, 2.45) is 29.6 Å². The van der Waals surface area contributed by atoms with Crippen molar-refractivity contribution in [3.05, 3.63) is 35.9 Å². The van der Waals surface area contributed by atoms with Crippen molar-refractivity contribution in [1.82, 2.24) is 20.4 Å². The van der Waals surface area contributed by atoms with Gasteiger partial charge in [-0.3, -0.25) is 19.2 Å². The number of methoxy groups -OCH3 is 3. The van der Waals surface area contributed by atoms with E-state index in [1.807, 2.05) is 65.0 Å². The van der Waals surface area contributed by atoms with Gasteiger partial charge in [0.05, 0.1) is 49.8 Å². The molecule has 1 aliphatic heterocycles. The Bertz CT molecular complexity index is 1320. The van der Waals surface area contributed by atoms with Crippen molar-refractivity contribution in [3.8, 4) is 0 Å². The summed E-state index contributed by atoms with van der Waals surface area (Å²) in [7, 11) is 7.91. The monoisotopic (exact) mass is 745 g/mol. The second-order valence-electron chi connectivity index (χ2n) is 15.4. The molecule has 0 aromatic heterocycles. The molecule has 3 amide bonds. The largest absolute Gasteiger partial charge is 0.467 e. The molecule has 300 valence electrons. The quantitative estimate of drug-likeness (QED) is 0.166. The Hall–Kier alpha value is -3.35. The first-order chi connectivity index (χ1) is 25.1. The average molecular weight is 745 g/mol. The van der Waals surface area contributed by atoms with E-state index in [0.29, 0.717) is 13.0 Å². The lowest BCUT2D eigenvalue weighted by Gasteiger charge is -2.41. The lowest BCUT2D eigenvalue weighted by molar-refractivity contribution is -0.149. The smallest absolute Gasteiger partial charge is 0.328 e. The van der Waals surface area contributed by atoms with Gasteiger partial charge in [-0.15, -0.1) is 0 Å². The number of likely N-dealkylation sites (tertiary alicyclic amines) is 1. The minimum Gasteiger partial charge on any atom is -0.467 e. The Kier molecular flexibility index (Phi) is 19.1. The zero-order valence-corrected chi connectivity index (χ0v) is 34.3. The highest BCUT2D eigenvalue weighted by atomic mass is 16.5. The van der Waals surface area contributed by atoms with Crippen LogP contribution in [0.2, 0.25) is 0 Å². The van der Waals surface area contributed by atoms with Crippen LogP contribution in [0.5, 0.6) is 0 Å². The summed E-state index contributed by atoms with van der Waals surface area (Å²) in [6, 6.07) is 7.36. The third-order valence-electron chi connectivity index (χ3n) is 11.2. The Balaban J connectivity index is 2.27. The second-order valence-corrected chi connectivity index (χ2v) is 15.4. The number of carbonyl (C=O) groups excluding carboxylic acids is 5. The fourth-order valence-corrected chi connectivity index (χ4v) is 7.87. The van der Waals surface area contributed by atoms with E-state index in [2.05, 4.69) is 17.6 Å².